The molecule has 1 saturated heterocycles. The molecule has 4 nitrogen and oxygen atoms in total. The average Bonchev–Trinajstić information content (AvgIpc) is 2.70. The topological polar surface area (TPSA) is 46.6 Å². The molecule has 1 heterocycles. The van der Waals surface area contributed by atoms with E-state index < -0.39 is 5.41 Å². The Kier molecular flexibility index (Phi) is 4.47. The number of hydrogen-bond acceptors (Lipinski definition) is 4. The van der Waals surface area contributed by atoms with E-state index in [4.69, 9.17) is 4.84 Å². The number of carbonyl (C=O) groups excluding carboxylic acids is 2. The fraction of sp³-hybridized carbons (Fsp3) is 0.833. The predicted molar refractivity (Wildman–Crippen MR) is 60.5 cm³/mol. The van der Waals surface area contributed by atoms with E-state index in [2.05, 4.69) is 0 Å². The van der Waals surface area contributed by atoms with Gasteiger partial charge in [0.15, 0.2) is 0 Å². The van der Waals surface area contributed by atoms with Crippen molar-refractivity contribution >= 4 is 12.3 Å². The number of hydrogen-bond donors (Lipinski definition) is 0. The highest BCUT2D eigenvalue weighted by Crippen LogP contribution is 2.30. The van der Waals surface area contributed by atoms with Gasteiger partial charge in [0.2, 0.25) is 0 Å². The van der Waals surface area contributed by atoms with Gasteiger partial charge >= 0.3 is 5.97 Å². The van der Waals surface area contributed by atoms with Crippen LogP contribution in [0.1, 0.15) is 40.0 Å². The third-order valence-corrected chi connectivity index (χ3v) is 3.48. The Hall–Kier alpha value is -0.900. The minimum atomic E-state index is -0.608. The highest BCUT2D eigenvalue weighted by molar-refractivity contribution is 5.76. The summed E-state index contributed by atoms with van der Waals surface area (Å²) < 4.78 is 0. The Bertz CT molecular complexity index is 257. The number of rotatable bonds is 5. The van der Waals surface area contributed by atoms with Gasteiger partial charge in [-0.2, -0.15) is 0 Å². The smallest absolute Gasteiger partial charge is 0.330 e. The average molecular weight is 227 g/mol. The number of hydroxylamine groups is 2. The molecule has 92 valence electrons. The van der Waals surface area contributed by atoms with Gasteiger partial charge < -0.3 is 9.63 Å². The molecule has 1 unspecified atom stereocenters. The second-order valence-corrected chi connectivity index (χ2v) is 5.04. The summed E-state index contributed by atoms with van der Waals surface area (Å²) in [6.45, 7) is 7.21. The van der Waals surface area contributed by atoms with Crippen LogP contribution >= 0.6 is 0 Å². The Morgan fingerprint density at radius 2 is 2.00 bits per heavy atom. The van der Waals surface area contributed by atoms with Crippen molar-refractivity contribution in [2.75, 3.05) is 13.1 Å². The summed E-state index contributed by atoms with van der Waals surface area (Å²) >= 11 is 0. The maximum Gasteiger partial charge on any atom is 0.330 e. The highest BCUT2D eigenvalue weighted by Gasteiger charge is 2.37. The zero-order valence-electron chi connectivity index (χ0n) is 10.4. The van der Waals surface area contributed by atoms with Crippen molar-refractivity contribution in [2.24, 2.45) is 11.3 Å². The molecule has 1 fully saturated rings. The van der Waals surface area contributed by atoms with E-state index in [1.165, 1.54) is 0 Å². The first-order valence-corrected chi connectivity index (χ1v) is 5.89. The molecule has 0 aromatic rings. The molecule has 16 heavy (non-hydrogen) atoms. The maximum atomic E-state index is 12.0. The Morgan fingerprint density at radius 1 is 1.44 bits per heavy atom. The lowest BCUT2D eigenvalue weighted by Crippen LogP contribution is -2.37. The van der Waals surface area contributed by atoms with E-state index in [-0.39, 0.29) is 11.9 Å². The SMILES string of the molecule is CC(CC=O)C(C)(C)C(=O)ON1CCCC1. The first kappa shape index (κ1) is 13.2. The zero-order valence-corrected chi connectivity index (χ0v) is 10.4. The standard InChI is InChI=1S/C12H21NO3/c1-10(6-9-14)12(2,3)11(15)16-13-7-4-5-8-13/h9-10H,4-8H2,1-3H3. The highest BCUT2D eigenvalue weighted by atomic mass is 16.7. The van der Waals surface area contributed by atoms with Gasteiger partial charge in [-0.1, -0.05) is 6.92 Å². The van der Waals surface area contributed by atoms with Crippen molar-refractivity contribution in [1.82, 2.24) is 5.06 Å². The summed E-state index contributed by atoms with van der Waals surface area (Å²) in [5.74, 6) is -0.233. The largest absolute Gasteiger partial charge is 0.367 e. The molecule has 0 saturated carbocycles. The van der Waals surface area contributed by atoms with Crippen molar-refractivity contribution in [1.29, 1.82) is 0 Å². The molecule has 0 aromatic carbocycles. The summed E-state index contributed by atoms with van der Waals surface area (Å²) in [7, 11) is 0. The fourth-order valence-corrected chi connectivity index (χ4v) is 1.65. The molecule has 1 aliphatic rings. The number of nitrogens with zero attached hydrogens (tertiary/aromatic N) is 1. The molecular weight excluding hydrogens is 206 g/mol. The molecule has 0 N–H and O–H groups in total. The third-order valence-electron chi connectivity index (χ3n) is 3.48. The number of carbonyl (C=O) groups is 2. The first-order chi connectivity index (χ1) is 7.48. The summed E-state index contributed by atoms with van der Waals surface area (Å²) in [6, 6.07) is 0. The Morgan fingerprint density at radius 3 is 2.50 bits per heavy atom. The van der Waals surface area contributed by atoms with Gasteiger partial charge in [-0.3, -0.25) is 0 Å². The Balaban J connectivity index is 2.52. The summed E-state index contributed by atoms with van der Waals surface area (Å²) in [5.41, 5.74) is -0.608. The maximum absolute atomic E-state index is 12.0. The molecule has 4 heteroatoms. The van der Waals surface area contributed by atoms with E-state index in [9.17, 15) is 9.59 Å². The van der Waals surface area contributed by atoms with Crippen LogP contribution in [0.4, 0.5) is 0 Å². The van der Waals surface area contributed by atoms with Gasteiger partial charge in [-0.05, 0) is 32.6 Å². The lowest BCUT2D eigenvalue weighted by Gasteiger charge is -2.29. The van der Waals surface area contributed by atoms with E-state index >= 15 is 0 Å². The first-order valence-electron chi connectivity index (χ1n) is 5.89. The van der Waals surface area contributed by atoms with Crippen LogP contribution in [-0.2, 0) is 14.4 Å². The molecule has 0 bridgehead atoms. The lowest BCUT2D eigenvalue weighted by molar-refractivity contribution is -0.199. The second-order valence-electron chi connectivity index (χ2n) is 5.04. The lowest BCUT2D eigenvalue weighted by atomic mass is 9.78. The molecule has 0 spiro atoms. The second kappa shape index (κ2) is 5.43. The zero-order chi connectivity index (χ0) is 12.2. The van der Waals surface area contributed by atoms with E-state index in [0.717, 1.165) is 32.2 Å². The van der Waals surface area contributed by atoms with E-state index in [1.54, 1.807) is 5.06 Å². The van der Waals surface area contributed by atoms with Gasteiger partial charge in [0.25, 0.3) is 0 Å². The molecular formula is C12H21NO3. The van der Waals surface area contributed by atoms with Crippen molar-refractivity contribution in [3.05, 3.63) is 0 Å². The monoisotopic (exact) mass is 227 g/mol. The van der Waals surface area contributed by atoms with Crippen LogP contribution in [-0.4, -0.2) is 30.4 Å². The van der Waals surface area contributed by atoms with E-state index in [0.29, 0.717) is 6.42 Å². The van der Waals surface area contributed by atoms with Gasteiger partial charge in [0.1, 0.15) is 6.29 Å². The minimum Gasteiger partial charge on any atom is -0.367 e. The van der Waals surface area contributed by atoms with Crippen LogP contribution in [0.5, 0.6) is 0 Å². The van der Waals surface area contributed by atoms with Gasteiger partial charge in [-0.25, -0.2) is 4.79 Å². The molecule has 0 amide bonds. The Labute approximate surface area is 96.9 Å². The molecule has 1 atom stereocenters. The molecule has 0 aromatic heterocycles. The van der Waals surface area contributed by atoms with Crippen molar-refractivity contribution in [3.8, 4) is 0 Å². The van der Waals surface area contributed by atoms with Gasteiger partial charge in [0.05, 0.1) is 5.41 Å². The minimum absolute atomic E-state index is 0.0000954. The normalized spacial score (nSPS) is 19.4. The van der Waals surface area contributed by atoms with Crippen molar-refractivity contribution in [2.45, 2.75) is 40.0 Å². The third kappa shape index (κ3) is 3.04. The summed E-state index contributed by atoms with van der Waals surface area (Å²) in [4.78, 5) is 27.7. The van der Waals surface area contributed by atoms with Crippen LogP contribution in [0.25, 0.3) is 0 Å². The quantitative estimate of drug-likeness (QED) is 0.672. The van der Waals surface area contributed by atoms with Crippen molar-refractivity contribution < 1.29 is 14.4 Å². The van der Waals surface area contributed by atoms with Gasteiger partial charge in [0, 0.05) is 19.5 Å². The summed E-state index contributed by atoms with van der Waals surface area (Å²) in [5, 5.41) is 1.72. The van der Waals surface area contributed by atoms with Crippen LogP contribution in [0, 0.1) is 11.3 Å². The molecule has 0 radical (unpaired) electrons. The van der Waals surface area contributed by atoms with Crippen LogP contribution < -0.4 is 0 Å². The molecule has 0 aliphatic carbocycles. The predicted octanol–water partition coefficient (Wildman–Crippen LogP) is 1.79. The molecule has 1 rings (SSSR count). The van der Waals surface area contributed by atoms with Crippen molar-refractivity contribution in [3.63, 3.8) is 0 Å². The van der Waals surface area contributed by atoms with Gasteiger partial charge in [-0.15, -0.1) is 5.06 Å². The summed E-state index contributed by atoms with van der Waals surface area (Å²) in [6.07, 6.45) is 3.41. The van der Waals surface area contributed by atoms with Crippen LogP contribution in [0.15, 0.2) is 0 Å². The fourth-order valence-electron chi connectivity index (χ4n) is 1.65. The molecule has 1 aliphatic heterocycles. The van der Waals surface area contributed by atoms with Crippen LogP contribution in [0.3, 0.4) is 0 Å². The van der Waals surface area contributed by atoms with Crippen LogP contribution in [0.2, 0.25) is 0 Å². The van der Waals surface area contributed by atoms with E-state index in [1.807, 2.05) is 20.8 Å². The number of aldehydes is 1.